The molecule has 0 saturated carbocycles. The molecule has 0 heterocycles. The second kappa shape index (κ2) is 10.5. The fraction of sp³-hybridized carbons (Fsp3) is 0.588. The molecule has 4 heteroatoms. The van der Waals surface area contributed by atoms with Crippen molar-refractivity contribution < 1.29 is 4.79 Å². The van der Waals surface area contributed by atoms with Gasteiger partial charge in [0.2, 0.25) is 5.91 Å². The summed E-state index contributed by atoms with van der Waals surface area (Å²) in [5, 5.41) is 3.90. The van der Waals surface area contributed by atoms with Crippen LogP contribution in [0.2, 0.25) is 5.02 Å². The van der Waals surface area contributed by atoms with E-state index in [1.54, 1.807) is 18.2 Å². The minimum Gasteiger partial charge on any atom is -0.384 e. The molecular formula is C17H27ClN2O. The highest BCUT2D eigenvalue weighted by atomic mass is 35.5. The third-order valence-corrected chi connectivity index (χ3v) is 3.93. The molecule has 0 spiro atoms. The number of hydrogen-bond acceptors (Lipinski definition) is 2. The first-order valence-corrected chi connectivity index (χ1v) is 8.36. The van der Waals surface area contributed by atoms with Gasteiger partial charge in [0.05, 0.1) is 10.7 Å². The summed E-state index contributed by atoms with van der Waals surface area (Å²) in [6.07, 6.45) is 10.3. The lowest BCUT2D eigenvalue weighted by molar-refractivity contribution is 0.100. The summed E-state index contributed by atoms with van der Waals surface area (Å²) in [6, 6.07) is 5.07. The number of carbonyl (C=O) groups is 1. The molecule has 1 aromatic rings. The first kappa shape index (κ1) is 17.8. The average molecular weight is 311 g/mol. The molecular weight excluding hydrogens is 284 g/mol. The normalized spacial score (nSPS) is 10.6. The van der Waals surface area contributed by atoms with Crippen molar-refractivity contribution in [3.63, 3.8) is 0 Å². The van der Waals surface area contributed by atoms with Gasteiger partial charge in [0.25, 0.3) is 0 Å². The van der Waals surface area contributed by atoms with Crippen LogP contribution in [0.15, 0.2) is 18.2 Å². The van der Waals surface area contributed by atoms with Crippen molar-refractivity contribution in [2.75, 3.05) is 11.9 Å². The van der Waals surface area contributed by atoms with Crippen molar-refractivity contribution in [3.8, 4) is 0 Å². The minimum atomic E-state index is -0.429. The van der Waals surface area contributed by atoms with E-state index in [0.29, 0.717) is 10.6 Å². The van der Waals surface area contributed by atoms with Gasteiger partial charge in [0, 0.05) is 12.1 Å². The van der Waals surface area contributed by atoms with Crippen molar-refractivity contribution in [1.82, 2.24) is 0 Å². The molecule has 3 N–H and O–H groups in total. The van der Waals surface area contributed by atoms with Crippen LogP contribution >= 0.6 is 11.6 Å². The van der Waals surface area contributed by atoms with Crippen LogP contribution < -0.4 is 11.1 Å². The number of rotatable bonds is 11. The first-order chi connectivity index (χ1) is 10.1. The topological polar surface area (TPSA) is 55.1 Å². The maximum absolute atomic E-state index is 11.1. The molecule has 0 aliphatic rings. The SMILES string of the molecule is CCCCCCCCCCNc1cc(C(N)=O)ccc1Cl. The predicted octanol–water partition coefficient (Wildman–Crippen LogP) is 4.99. The quantitative estimate of drug-likeness (QED) is 0.566. The fourth-order valence-electron chi connectivity index (χ4n) is 2.30. The van der Waals surface area contributed by atoms with E-state index in [4.69, 9.17) is 17.3 Å². The summed E-state index contributed by atoms with van der Waals surface area (Å²) < 4.78 is 0. The van der Waals surface area contributed by atoms with E-state index >= 15 is 0 Å². The number of carbonyl (C=O) groups excluding carboxylic acids is 1. The fourth-order valence-corrected chi connectivity index (χ4v) is 2.48. The monoisotopic (exact) mass is 310 g/mol. The predicted molar refractivity (Wildman–Crippen MR) is 91.1 cm³/mol. The molecule has 0 saturated heterocycles. The van der Waals surface area contributed by atoms with E-state index in [-0.39, 0.29) is 0 Å². The van der Waals surface area contributed by atoms with E-state index in [9.17, 15) is 4.79 Å². The van der Waals surface area contributed by atoms with E-state index in [2.05, 4.69) is 12.2 Å². The van der Waals surface area contributed by atoms with Gasteiger partial charge in [-0.15, -0.1) is 0 Å². The summed E-state index contributed by atoms with van der Waals surface area (Å²) in [7, 11) is 0. The Balaban J connectivity index is 2.18. The lowest BCUT2D eigenvalue weighted by Gasteiger charge is -2.09. The average Bonchev–Trinajstić information content (AvgIpc) is 2.47. The van der Waals surface area contributed by atoms with Crippen LogP contribution in [0, 0.1) is 0 Å². The molecule has 0 atom stereocenters. The van der Waals surface area contributed by atoms with Crippen LogP contribution in [0.25, 0.3) is 0 Å². The second-order valence-electron chi connectivity index (χ2n) is 5.46. The van der Waals surface area contributed by atoms with Crippen LogP contribution in [0.3, 0.4) is 0 Å². The van der Waals surface area contributed by atoms with Crippen LogP contribution in [-0.4, -0.2) is 12.5 Å². The number of anilines is 1. The van der Waals surface area contributed by atoms with Crippen LogP contribution in [0.4, 0.5) is 5.69 Å². The highest BCUT2D eigenvalue weighted by molar-refractivity contribution is 6.33. The van der Waals surface area contributed by atoms with Gasteiger partial charge in [-0.05, 0) is 24.6 Å². The number of nitrogens with two attached hydrogens (primary N) is 1. The van der Waals surface area contributed by atoms with E-state index < -0.39 is 5.91 Å². The van der Waals surface area contributed by atoms with Crippen LogP contribution in [0.5, 0.6) is 0 Å². The van der Waals surface area contributed by atoms with Gasteiger partial charge in [-0.25, -0.2) is 0 Å². The largest absolute Gasteiger partial charge is 0.384 e. The Bertz CT molecular complexity index is 435. The van der Waals surface area contributed by atoms with Crippen molar-refractivity contribution in [1.29, 1.82) is 0 Å². The Labute approximate surface area is 133 Å². The molecule has 1 rings (SSSR count). The zero-order chi connectivity index (χ0) is 15.5. The molecule has 1 amide bonds. The molecule has 21 heavy (non-hydrogen) atoms. The molecule has 118 valence electrons. The molecule has 1 aromatic carbocycles. The van der Waals surface area contributed by atoms with E-state index in [1.165, 1.54) is 44.9 Å². The Morgan fingerprint density at radius 1 is 1.10 bits per heavy atom. The number of primary amides is 1. The Morgan fingerprint density at radius 2 is 1.71 bits per heavy atom. The van der Waals surface area contributed by atoms with Crippen molar-refractivity contribution in [3.05, 3.63) is 28.8 Å². The van der Waals surface area contributed by atoms with Crippen LogP contribution in [-0.2, 0) is 0 Å². The molecule has 0 bridgehead atoms. The number of hydrogen-bond donors (Lipinski definition) is 2. The van der Waals surface area contributed by atoms with Gasteiger partial charge in [0.1, 0.15) is 0 Å². The van der Waals surface area contributed by atoms with Gasteiger partial charge >= 0.3 is 0 Å². The second-order valence-corrected chi connectivity index (χ2v) is 5.87. The number of unbranched alkanes of at least 4 members (excludes halogenated alkanes) is 7. The lowest BCUT2D eigenvalue weighted by Crippen LogP contribution is -2.11. The zero-order valence-electron chi connectivity index (χ0n) is 13.0. The third kappa shape index (κ3) is 7.37. The molecule has 0 fully saturated rings. The standard InChI is InChI=1S/C17H27ClN2O/c1-2-3-4-5-6-7-8-9-12-20-16-13-14(17(19)21)10-11-15(16)18/h10-11,13,20H,2-9,12H2,1H3,(H2,19,21). The summed E-state index contributed by atoms with van der Waals surface area (Å²) in [4.78, 5) is 11.1. The molecule has 0 aliphatic heterocycles. The molecule has 0 radical (unpaired) electrons. The summed E-state index contributed by atoms with van der Waals surface area (Å²) in [6.45, 7) is 3.11. The highest BCUT2D eigenvalue weighted by Crippen LogP contribution is 2.23. The van der Waals surface area contributed by atoms with Crippen molar-refractivity contribution >= 4 is 23.2 Å². The maximum atomic E-state index is 11.1. The maximum Gasteiger partial charge on any atom is 0.248 e. The molecule has 0 aromatic heterocycles. The van der Waals surface area contributed by atoms with Gasteiger partial charge in [-0.3, -0.25) is 4.79 Å². The Kier molecular flexibility index (Phi) is 8.91. The van der Waals surface area contributed by atoms with Crippen molar-refractivity contribution in [2.24, 2.45) is 5.73 Å². The summed E-state index contributed by atoms with van der Waals surface area (Å²) >= 11 is 6.10. The minimum absolute atomic E-state index is 0.429. The third-order valence-electron chi connectivity index (χ3n) is 3.60. The van der Waals surface area contributed by atoms with Gasteiger partial charge in [-0.1, -0.05) is 63.5 Å². The zero-order valence-corrected chi connectivity index (χ0v) is 13.7. The number of benzene rings is 1. The first-order valence-electron chi connectivity index (χ1n) is 7.98. The van der Waals surface area contributed by atoms with E-state index in [0.717, 1.165) is 18.7 Å². The Hall–Kier alpha value is -1.22. The lowest BCUT2D eigenvalue weighted by atomic mass is 10.1. The number of amides is 1. The van der Waals surface area contributed by atoms with Gasteiger partial charge in [0.15, 0.2) is 0 Å². The van der Waals surface area contributed by atoms with Crippen molar-refractivity contribution in [2.45, 2.75) is 58.3 Å². The highest BCUT2D eigenvalue weighted by Gasteiger charge is 2.05. The number of nitrogens with one attached hydrogen (secondary N) is 1. The van der Waals surface area contributed by atoms with Gasteiger partial charge in [-0.2, -0.15) is 0 Å². The summed E-state index contributed by atoms with van der Waals surface area (Å²) in [5.74, 6) is -0.429. The van der Waals surface area contributed by atoms with E-state index in [1.807, 2.05) is 0 Å². The summed E-state index contributed by atoms with van der Waals surface area (Å²) in [5.41, 5.74) is 6.54. The number of halogens is 1. The Morgan fingerprint density at radius 3 is 2.33 bits per heavy atom. The van der Waals surface area contributed by atoms with Crippen LogP contribution in [0.1, 0.15) is 68.6 Å². The molecule has 3 nitrogen and oxygen atoms in total. The molecule has 0 aliphatic carbocycles. The molecule has 0 unspecified atom stereocenters. The van der Waals surface area contributed by atoms with Gasteiger partial charge < -0.3 is 11.1 Å². The smallest absolute Gasteiger partial charge is 0.248 e.